The molecule has 0 saturated carbocycles. The number of halogens is 1. The van der Waals surface area contributed by atoms with Crippen LogP contribution in [0.25, 0.3) is 0 Å². The number of methoxy groups -OCH3 is 1. The highest BCUT2D eigenvalue weighted by Crippen LogP contribution is 2.05. The van der Waals surface area contributed by atoms with Gasteiger partial charge >= 0.3 is 0 Å². The van der Waals surface area contributed by atoms with Crippen LogP contribution in [-0.2, 0) is 20.7 Å². The lowest BCUT2D eigenvalue weighted by Crippen LogP contribution is -2.46. The van der Waals surface area contributed by atoms with E-state index < -0.39 is 17.9 Å². The van der Waals surface area contributed by atoms with Crippen LogP contribution in [0.2, 0.25) is 0 Å². The van der Waals surface area contributed by atoms with Crippen molar-refractivity contribution in [2.75, 3.05) is 13.7 Å². The molecule has 0 fully saturated rings. The summed E-state index contributed by atoms with van der Waals surface area (Å²) in [6, 6.07) is 4.80. The van der Waals surface area contributed by atoms with Gasteiger partial charge in [0.05, 0.1) is 0 Å². The topological polar surface area (TPSA) is 81.4 Å². The molecule has 18 heavy (non-hydrogen) atoms. The number of benzene rings is 1. The Morgan fingerprint density at radius 2 is 2.00 bits per heavy atom. The lowest BCUT2D eigenvalue weighted by molar-refractivity contribution is -0.129. The van der Waals surface area contributed by atoms with Gasteiger partial charge in [-0.2, -0.15) is 0 Å². The van der Waals surface area contributed by atoms with E-state index in [1.54, 1.807) is 0 Å². The molecule has 1 aromatic carbocycles. The number of amides is 2. The molecule has 0 radical (unpaired) electrons. The van der Waals surface area contributed by atoms with E-state index in [0.717, 1.165) is 0 Å². The highest BCUT2D eigenvalue weighted by atomic mass is 19.1. The molecule has 0 bridgehead atoms. The molecule has 0 heterocycles. The molecule has 1 atom stereocenters. The fourth-order valence-corrected chi connectivity index (χ4v) is 1.45. The molecule has 2 amide bonds. The largest absolute Gasteiger partial charge is 0.375 e. The first-order valence-electron chi connectivity index (χ1n) is 5.35. The van der Waals surface area contributed by atoms with Crippen molar-refractivity contribution in [3.63, 3.8) is 0 Å². The number of carbonyl (C=O) groups excluding carboxylic acids is 2. The Kier molecular flexibility index (Phi) is 5.26. The summed E-state index contributed by atoms with van der Waals surface area (Å²) in [5.74, 6) is -1.44. The van der Waals surface area contributed by atoms with Gasteiger partial charge in [-0.25, -0.2) is 4.39 Å². The van der Waals surface area contributed by atoms with E-state index in [2.05, 4.69) is 10.1 Å². The molecule has 5 nitrogen and oxygen atoms in total. The zero-order chi connectivity index (χ0) is 13.5. The normalized spacial score (nSPS) is 11.9. The molecule has 0 aliphatic heterocycles. The van der Waals surface area contributed by atoms with Crippen molar-refractivity contribution >= 4 is 11.8 Å². The van der Waals surface area contributed by atoms with Crippen LogP contribution in [0.4, 0.5) is 4.39 Å². The number of nitrogens with one attached hydrogen (secondary N) is 1. The molecule has 0 aliphatic carbocycles. The van der Waals surface area contributed by atoms with Crippen molar-refractivity contribution in [3.8, 4) is 0 Å². The molecular weight excluding hydrogens is 239 g/mol. The molecule has 0 aromatic heterocycles. The van der Waals surface area contributed by atoms with E-state index in [9.17, 15) is 14.0 Å². The predicted octanol–water partition coefficient (Wildman–Crippen LogP) is -0.0153. The predicted molar refractivity (Wildman–Crippen MR) is 63.1 cm³/mol. The first-order valence-corrected chi connectivity index (χ1v) is 5.35. The summed E-state index contributed by atoms with van der Waals surface area (Å²) in [6.45, 7) is -0.146. The molecule has 0 spiro atoms. The summed E-state index contributed by atoms with van der Waals surface area (Å²) < 4.78 is 17.4. The van der Waals surface area contributed by atoms with Crippen LogP contribution in [0.5, 0.6) is 0 Å². The first-order chi connectivity index (χ1) is 8.52. The van der Waals surface area contributed by atoms with Crippen molar-refractivity contribution in [2.24, 2.45) is 5.73 Å². The number of rotatable bonds is 6. The summed E-state index contributed by atoms with van der Waals surface area (Å²) in [7, 11) is 1.37. The lowest BCUT2D eigenvalue weighted by Gasteiger charge is -2.15. The minimum atomic E-state index is -0.835. The van der Waals surface area contributed by atoms with Crippen LogP contribution >= 0.6 is 0 Å². The lowest BCUT2D eigenvalue weighted by atomic mass is 10.1. The Labute approximate surface area is 104 Å². The third kappa shape index (κ3) is 4.50. The number of nitrogens with two attached hydrogens (primary N) is 1. The number of carbonyl (C=O) groups is 2. The van der Waals surface area contributed by atoms with Crippen LogP contribution in [-0.4, -0.2) is 31.6 Å². The summed E-state index contributed by atoms with van der Waals surface area (Å²) in [6.07, 6.45) is 0.213. The standard InChI is InChI=1S/C12H15FN2O3/c1-18-7-11(16)15-10(12(14)17)6-8-2-4-9(13)5-3-8/h2-5,10H,6-7H2,1H3,(H2,14,17)(H,15,16)/t10-/m1/s1. The van der Waals surface area contributed by atoms with E-state index in [1.807, 2.05) is 0 Å². The maximum atomic E-state index is 12.7. The minimum absolute atomic E-state index is 0.146. The van der Waals surface area contributed by atoms with E-state index in [1.165, 1.54) is 31.4 Å². The van der Waals surface area contributed by atoms with Gasteiger partial charge in [-0.3, -0.25) is 9.59 Å². The maximum absolute atomic E-state index is 12.7. The maximum Gasteiger partial charge on any atom is 0.246 e. The molecule has 0 aliphatic rings. The second-order valence-corrected chi connectivity index (χ2v) is 3.79. The van der Waals surface area contributed by atoms with Gasteiger partial charge < -0.3 is 15.8 Å². The van der Waals surface area contributed by atoms with Crippen molar-refractivity contribution < 1.29 is 18.7 Å². The highest BCUT2D eigenvalue weighted by Gasteiger charge is 2.18. The van der Waals surface area contributed by atoms with Gasteiger partial charge in [0, 0.05) is 13.5 Å². The summed E-state index contributed by atoms with van der Waals surface area (Å²) >= 11 is 0. The fraction of sp³-hybridized carbons (Fsp3) is 0.333. The van der Waals surface area contributed by atoms with Crippen LogP contribution < -0.4 is 11.1 Å². The molecule has 0 unspecified atom stereocenters. The van der Waals surface area contributed by atoms with Gasteiger partial charge in [0.1, 0.15) is 18.5 Å². The van der Waals surface area contributed by atoms with E-state index in [-0.39, 0.29) is 18.8 Å². The number of hydrogen-bond acceptors (Lipinski definition) is 3. The fourth-order valence-electron chi connectivity index (χ4n) is 1.45. The van der Waals surface area contributed by atoms with Crippen LogP contribution in [0.3, 0.4) is 0 Å². The van der Waals surface area contributed by atoms with Crippen LogP contribution in [0.15, 0.2) is 24.3 Å². The Hall–Kier alpha value is -1.95. The van der Waals surface area contributed by atoms with Crippen LogP contribution in [0.1, 0.15) is 5.56 Å². The van der Waals surface area contributed by atoms with Crippen molar-refractivity contribution in [1.29, 1.82) is 0 Å². The minimum Gasteiger partial charge on any atom is -0.375 e. The van der Waals surface area contributed by atoms with Crippen molar-refractivity contribution in [3.05, 3.63) is 35.6 Å². The Morgan fingerprint density at radius 1 is 1.39 bits per heavy atom. The van der Waals surface area contributed by atoms with Gasteiger partial charge in [-0.15, -0.1) is 0 Å². The number of hydrogen-bond donors (Lipinski definition) is 2. The molecular formula is C12H15FN2O3. The van der Waals surface area contributed by atoms with Crippen molar-refractivity contribution in [1.82, 2.24) is 5.32 Å². The second kappa shape index (κ2) is 6.70. The zero-order valence-electron chi connectivity index (χ0n) is 9.98. The Morgan fingerprint density at radius 3 is 2.50 bits per heavy atom. The average molecular weight is 254 g/mol. The molecule has 3 N–H and O–H groups in total. The zero-order valence-corrected chi connectivity index (χ0v) is 9.98. The molecule has 1 rings (SSSR count). The van der Waals surface area contributed by atoms with Gasteiger partial charge in [0.15, 0.2) is 0 Å². The van der Waals surface area contributed by atoms with Crippen LogP contribution in [0, 0.1) is 5.82 Å². The monoisotopic (exact) mass is 254 g/mol. The van der Waals surface area contributed by atoms with Gasteiger partial charge in [-0.1, -0.05) is 12.1 Å². The summed E-state index contributed by atoms with van der Waals surface area (Å²) in [5, 5.41) is 2.45. The molecule has 6 heteroatoms. The quantitative estimate of drug-likeness (QED) is 0.748. The summed E-state index contributed by atoms with van der Waals surface area (Å²) in [5.41, 5.74) is 5.90. The number of primary amides is 1. The van der Waals surface area contributed by atoms with Crippen molar-refractivity contribution in [2.45, 2.75) is 12.5 Å². The Bertz CT molecular complexity index is 420. The summed E-state index contributed by atoms with van der Waals surface area (Å²) in [4.78, 5) is 22.5. The second-order valence-electron chi connectivity index (χ2n) is 3.79. The SMILES string of the molecule is COCC(=O)N[C@H](Cc1ccc(F)cc1)C(N)=O. The van der Waals surface area contributed by atoms with E-state index in [0.29, 0.717) is 5.56 Å². The molecule has 0 saturated heterocycles. The van der Waals surface area contributed by atoms with E-state index >= 15 is 0 Å². The molecule has 1 aromatic rings. The average Bonchev–Trinajstić information content (AvgIpc) is 2.31. The molecule has 98 valence electrons. The smallest absolute Gasteiger partial charge is 0.246 e. The van der Waals surface area contributed by atoms with Gasteiger partial charge in [0.2, 0.25) is 11.8 Å². The van der Waals surface area contributed by atoms with Gasteiger partial charge in [0.25, 0.3) is 0 Å². The van der Waals surface area contributed by atoms with Gasteiger partial charge in [-0.05, 0) is 17.7 Å². The van der Waals surface area contributed by atoms with E-state index in [4.69, 9.17) is 5.73 Å². The first kappa shape index (κ1) is 14.1. The number of ether oxygens (including phenoxy) is 1. The Balaban J connectivity index is 2.65. The third-order valence-corrected chi connectivity index (χ3v) is 2.31. The highest BCUT2D eigenvalue weighted by molar-refractivity contribution is 5.87. The third-order valence-electron chi connectivity index (χ3n) is 2.31.